The van der Waals surface area contributed by atoms with Gasteiger partial charge in [0.05, 0.1) is 18.8 Å². The minimum absolute atomic E-state index is 0.112. The van der Waals surface area contributed by atoms with E-state index in [1.807, 2.05) is 48.4 Å². The number of hydrogen-bond donors (Lipinski definition) is 0. The Balaban J connectivity index is 1.37. The summed E-state index contributed by atoms with van der Waals surface area (Å²) in [7, 11) is 0.898. The van der Waals surface area contributed by atoms with Crippen molar-refractivity contribution < 1.29 is 23.6 Å². The van der Waals surface area contributed by atoms with E-state index in [1.54, 1.807) is 6.20 Å². The van der Waals surface area contributed by atoms with Crippen LogP contribution in [-0.2, 0) is 20.7 Å². The Morgan fingerprint density at radius 1 is 1.21 bits per heavy atom. The molecule has 6 rings (SSSR count). The molecule has 172 valence electrons. The highest BCUT2D eigenvalue weighted by Crippen LogP contribution is 2.65. The first-order chi connectivity index (χ1) is 15.8. The van der Waals surface area contributed by atoms with Crippen LogP contribution in [0.1, 0.15) is 55.2 Å². The zero-order chi connectivity index (χ0) is 23.2. The predicted octanol–water partition coefficient (Wildman–Crippen LogP) is 4.73. The van der Waals surface area contributed by atoms with Gasteiger partial charge in [0.25, 0.3) is 0 Å². The Hall–Kier alpha value is -2.64. The average Bonchev–Trinajstić information content (AvgIpc) is 3.17. The maximum atomic E-state index is 12.3. The molecule has 3 aliphatic carbocycles. The fourth-order valence-electron chi connectivity index (χ4n) is 5.88. The molecule has 4 fully saturated rings. The molecule has 2 aromatic rings. The molecular weight excluding hydrogens is 417 g/mol. The highest BCUT2D eigenvalue weighted by molar-refractivity contribution is 6.52. The predicted molar refractivity (Wildman–Crippen MR) is 125 cm³/mol. The van der Waals surface area contributed by atoms with Crippen LogP contribution < -0.4 is 4.74 Å². The van der Waals surface area contributed by atoms with E-state index in [-0.39, 0.29) is 17.4 Å². The Bertz CT molecular complexity index is 1070. The van der Waals surface area contributed by atoms with E-state index in [0.717, 1.165) is 17.5 Å². The van der Waals surface area contributed by atoms with Gasteiger partial charge in [0.2, 0.25) is 0 Å². The molecule has 1 aromatic carbocycles. The van der Waals surface area contributed by atoms with Crippen molar-refractivity contribution in [2.75, 3.05) is 7.11 Å². The average molecular weight is 447 g/mol. The van der Waals surface area contributed by atoms with Crippen LogP contribution in [0.25, 0.3) is 6.08 Å². The number of nitrogens with zero attached hydrogens (tertiary/aromatic N) is 1. The van der Waals surface area contributed by atoms with Crippen LogP contribution in [0.5, 0.6) is 5.75 Å². The topological polar surface area (TPSA) is 66.9 Å². The second-order valence-corrected chi connectivity index (χ2v) is 10.0. The maximum Gasteiger partial charge on any atom is 0.486 e. The number of esters is 1. The molecule has 0 amide bonds. The number of pyridine rings is 1. The normalized spacial score (nSPS) is 29.5. The zero-order valence-corrected chi connectivity index (χ0v) is 19.6. The lowest BCUT2D eigenvalue weighted by molar-refractivity contribution is -0.199. The molecule has 33 heavy (non-hydrogen) atoms. The smallest absolute Gasteiger partial charge is 0.486 e. The van der Waals surface area contributed by atoms with Gasteiger partial charge in [0, 0.05) is 11.8 Å². The molecule has 0 spiro atoms. The largest absolute Gasteiger partial charge is 0.486 e. The lowest BCUT2D eigenvalue weighted by Crippen LogP contribution is -2.65. The van der Waals surface area contributed by atoms with E-state index >= 15 is 0 Å². The third-order valence-electron chi connectivity index (χ3n) is 7.94. The Labute approximate surface area is 195 Å². The zero-order valence-electron chi connectivity index (χ0n) is 19.6. The number of aromatic nitrogens is 1. The molecule has 1 aliphatic heterocycles. The molecule has 0 radical (unpaired) electrons. The van der Waals surface area contributed by atoms with Gasteiger partial charge >= 0.3 is 13.1 Å². The van der Waals surface area contributed by atoms with E-state index in [1.165, 1.54) is 13.5 Å². The molecule has 0 N–H and O–H groups in total. The molecule has 6 nitrogen and oxygen atoms in total. The van der Waals surface area contributed by atoms with Crippen molar-refractivity contribution in [3.8, 4) is 5.75 Å². The van der Waals surface area contributed by atoms with Gasteiger partial charge in [-0.1, -0.05) is 56.2 Å². The van der Waals surface area contributed by atoms with Crippen LogP contribution in [0.2, 0.25) is 0 Å². The van der Waals surface area contributed by atoms with Crippen molar-refractivity contribution in [1.29, 1.82) is 0 Å². The van der Waals surface area contributed by atoms with E-state index in [0.29, 0.717) is 29.6 Å². The van der Waals surface area contributed by atoms with Crippen LogP contribution in [0, 0.1) is 17.3 Å². The second-order valence-electron chi connectivity index (χ2n) is 10.0. The Morgan fingerprint density at radius 3 is 2.73 bits per heavy atom. The van der Waals surface area contributed by atoms with Gasteiger partial charge in [0.1, 0.15) is 6.61 Å². The first kappa shape index (κ1) is 22.2. The van der Waals surface area contributed by atoms with Gasteiger partial charge in [-0.25, -0.2) is 9.78 Å². The fraction of sp³-hybridized carbons (Fsp3) is 0.462. The van der Waals surface area contributed by atoms with Crippen LogP contribution in [0.3, 0.4) is 0 Å². The van der Waals surface area contributed by atoms with Crippen LogP contribution in [0.15, 0.2) is 48.6 Å². The van der Waals surface area contributed by atoms with Gasteiger partial charge in [-0.2, -0.15) is 0 Å². The summed E-state index contributed by atoms with van der Waals surface area (Å²) in [4.78, 5) is 16.5. The lowest BCUT2D eigenvalue weighted by Gasteiger charge is -2.64. The van der Waals surface area contributed by atoms with Crippen molar-refractivity contribution in [3.05, 3.63) is 65.4 Å². The number of benzene rings is 1. The third-order valence-corrected chi connectivity index (χ3v) is 7.94. The molecule has 3 unspecified atom stereocenters. The summed E-state index contributed by atoms with van der Waals surface area (Å²) in [6, 6.07) is 11.6. The number of rotatable bonds is 6. The summed E-state index contributed by atoms with van der Waals surface area (Å²) in [5, 5.41) is 0. The van der Waals surface area contributed by atoms with Crippen molar-refractivity contribution in [3.63, 3.8) is 0 Å². The fourth-order valence-corrected chi connectivity index (χ4v) is 5.88. The molecular formula is C26H30BNO5. The van der Waals surface area contributed by atoms with Crippen LogP contribution >= 0.6 is 0 Å². The van der Waals surface area contributed by atoms with Gasteiger partial charge in [0.15, 0.2) is 11.4 Å². The summed E-state index contributed by atoms with van der Waals surface area (Å²) < 4.78 is 23.7. The summed E-state index contributed by atoms with van der Waals surface area (Å²) >= 11 is 0. The number of carbonyl (C=O) groups excluding carboxylic acids is 1. The van der Waals surface area contributed by atoms with Gasteiger partial charge in [-0.05, 0) is 48.6 Å². The van der Waals surface area contributed by atoms with E-state index < -0.39 is 13.1 Å². The van der Waals surface area contributed by atoms with Crippen molar-refractivity contribution >= 4 is 19.2 Å². The molecule has 2 bridgehead atoms. The van der Waals surface area contributed by atoms with E-state index in [2.05, 4.69) is 25.8 Å². The molecule has 4 atom stereocenters. The van der Waals surface area contributed by atoms with Crippen LogP contribution in [-0.4, -0.2) is 36.9 Å². The van der Waals surface area contributed by atoms with E-state index in [4.69, 9.17) is 18.8 Å². The highest BCUT2D eigenvalue weighted by Gasteiger charge is 2.67. The first-order valence-electron chi connectivity index (χ1n) is 11.6. The van der Waals surface area contributed by atoms with Crippen molar-refractivity contribution in [2.24, 2.45) is 17.3 Å². The van der Waals surface area contributed by atoms with Crippen molar-refractivity contribution in [2.45, 2.75) is 51.9 Å². The molecule has 7 heteroatoms. The summed E-state index contributed by atoms with van der Waals surface area (Å²) in [6.45, 7) is 7.21. The molecule has 3 saturated carbocycles. The van der Waals surface area contributed by atoms with Gasteiger partial charge < -0.3 is 18.8 Å². The second kappa shape index (κ2) is 8.30. The third kappa shape index (κ3) is 3.77. The summed E-state index contributed by atoms with van der Waals surface area (Å²) in [6.07, 6.45) is 5.83. The molecule has 2 heterocycles. The minimum atomic E-state index is -0.540. The SMILES string of the molecule is COC(=O)c1nccc(/C=C\B2OC3CC4CC(C4(C)C)[C@]3(C)O2)c1OCc1ccccc1. The molecule has 1 saturated heterocycles. The maximum absolute atomic E-state index is 12.3. The van der Waals surface area contributed by atoms with Crippen LogP contribution in [0.4, 0.5) is 0 Å². The monoisotopic (exact) mass is 447 g/mol. The summed E-state index contributed by atoms with van der Waals surface area (Å²) in [5.74, 6) is 2.95. The number of hydrogen-bond acceptors (Lipinski definition) is 6. The van der Waals surface area contributed by atoms with Crippen molar-refractivity contribution in [1.82, 2.24) is 4.98 Å². The van der Waals surface area contributed by atoms with Gasteiger partial charge in [-0.15, -0.1) is 0 Å². The quantitative estimate of drug-likeness (QED) is 0.471. The number of carbonyl (C=O) groups is 1. The van der Waals surface area contributed by atoms with Gasteiger partial charge in [-0.3, -0.25) is 0 Å². The molecule has 4 aliphatic rings. The highest BCUT2D eigenvalue weighted by atomic mass is 16.7. The minimum Gasteiger partial charge on any atom is -0.486 e. The van der Waals surface area contributed by atoms with E-state index in [9.17, 15) is 4.79 Å². The Kier molecular flexibility index (Phi) is 5.57. The number of methoxy groups -OCH3 is 1. The standard InChI is InChI=1S/C26H30BNO5/c1-25(2)19-14-20(25)26(3)21(15-19)32-27(33-26)12-10-18-11-13-28-22(24(29)30-4)23(18)31-16-17-8-6-5-7-9-17/h5-13,19-21H,14-16H2,1-4H3/b12-10-/t19?,20?,21?,26-/m0/s1. The Morgan fingerprint density at radius 2 is 2.00 bits per heavy atom. The number of ether oxygens (including phenoxy) is 2. The first-order valence-corrected chi connectivity index (χ1v) is 11.6. The molecule has 1 aromatic heterocycles. The lowest BCUT2D eigenvalue weighted by atomic mass is 9.43. The summed E-state index contributed by atoms with van der Waals surface area (Å²) in [5.41, 5.74) is 1.89.